The van der Waals surface area contributed by atoms with Crippen molar-refractivity contribution in [1.82, 2.24) is 10.3 Å². The standard InChI is InChI=1S/C17H20N2O4S/c1-17(2)10-13(8-9-24(17,21)22)19-16(20)15-14(18-11-23-15)12-6-4-3-5-7-12/h3-7,11,13H,8-10H2,1-2H3,(H,19,20). The van der Waals surface area contributed by atoms with Gasteiger partial charge in [-0.2, -0.15) is 0 Å². The van der Waals surface area contributed by atoms with Gasteiger partial charge >= 0.3 is 0 Å². The number of amides is 1. The van der Waals surface area contributed by atoms with E-state index in [4.69, 9.17) is 4.42 Å². The number of nitrogens with zero attached hydrogens (tertiary/aromatic N) is 1. The molecule has 1 aliphatic rings. The lowest BCUT2D eigenvalue weighted by Crippen LogP contribution is -2.49. The minimum absolute atomic E-state index is 0.0763. The van der Waals surface area contributed by atoms with Crippen molar-refractivity contribution >= 4 is 15.7 Å². The first-order valence-corrected chi connectivity index (χ1v) is 9.47. The van der Waals surface area contributed by atoms with E-state index in [-0.39, 0.29) is 23.5 Å². The molecule has 1 atom stereocenters. The quantitative estimate of drug-likeness (QED) is 0.920. The average molecular weight is 348 g/mol. The number of carbonyl (C=O) groups is 1. The smallest absolute Gasteiger partial charge is 0.289 e. The van der Waals surface area contributed by atoms with E-state index >= 15 is 0 Å². The fraction of sp³-hybridized carbons (Fsp3) is 0.412. The Morgan fingerprint density at radius 3 is 2.67 bits per heavy atom. The second-order valence-corrected chi connectivity index (χ2v) is 9.38. The fourth-order valence-electron chi connectivity index (χ4n) is 2.98. The molecule has 1 saturated heterocycles. The van der Waals surface area contributed by atoms with E-state index in [0.717, 1.165) is 5.56 Å². The van der Waals surface area contributed by atoms with Crippen molar-refractivity contribution in [2.24, 2.45) is 0 Å². The van der Waals surface area contributed by atoms with Crippen LogP contribution in [0.5, 0.6) is 0 Å². The third-order valence-electron chi connectivity index (χ3n) is 4.47. The molecule has 1 aromatic heterocycles. The molecular formula is C17H20N2O4S. The van der Waals surface area contributed by atoms with Crippen LogP contribution >= 0.6 is 0 Å². The van der Waals surface area contributed by atoms with Crippen molar-refractivity contribution in [3.05, 3.63) is 42.5 Å². The molecule has 0 aliphatic carbocycles. The predicted molar refractivity (Wildman–Crippen MR) is 90.3 cm³/mol. The molecule has 1 amide bonds. The van der Waals surface area contributed by atoms with Crippen molar-refractivity contribution in [2.45, 2.75) is 37.5 Å². The van der Waals surface area contributed by atoms with E-state index in [1.54, 1.807) is 13.8 Å². The summed E-state index contributed by atoms with van der Waals surface area (Å²) in [6.45, 7) is 3.40. The topological polar surface area (TPSA) is 89.3 Å². The molecule has 1 aromatic carbocycles. The first kappa shape index (κ1) is 16.7. The van der Waals surface area contributed by atoms with Crippen molar-refractivity contribution < 1.29 is 17.6 Å². The number of rotatable bonds is 3. The maximum atomic E-state index is 12.5. The van der Waals surface area contributed by atoms with Gasteiger partial charge in [0.1, 0.15) is 5.69 Å². The van der Waals surface area contributed by atoms with Gasteiger partial charge in [0.2, 0.25) is 5.76 Å². The van der Waals surface area contributed by atoms with Gasteiger partial charge in [0, 0.05) is 11.6 Å². The Balaban J connectivity index is 1.77. The average Bonchev–Trinajstić information content (AvgIpc) is 3.01. The zero-order valence-electron chi connectivity index (χ0n) is 13.7. The highest BCUT2D eigenvalue weighted by molar-refractivity contribution is 7.92. The molecule has 0 radical (unpaired) electrons. The molecule has 3 rings (SSSR count). The van der Waals surface area contributed by atoms with Gasteiger partial charge in [0.05, 0.1) is 10.5 Å². The van der Waals surface area contributed by atoms with E-state index in [1.807, 2.05) is 30.3 Å². The first-order valence-electron chi connectivity index (χ1n) is 7.82. The van der Waals surface area contributed by atoms with Gasteiger partial charge in [-0.15, -0.1) is 0 Å². The van der Waals surface area contributed by atoms with Crippen LogP contribution in [0.1, 0.15) is 37.2 Å². The summed E-state index contributed by atoms with van der Waals surface area (Å²) >= 11 is 0. The molecule has 6 nitrogen and oxygen atoms in total. The second-order valence-electron chi connectivity index (χ2n) is 6.64. The summed E-state index contributed by atoms with van der Waals surface area (Å²) in [5.41, 5.74) is 1.28. The van der Waals surface area contributed by atoms with E-state index in [9.17, 15) is 13.2 Å². The number of benzene rings is 1. The fourth-order valence-corrected chi connectivity index (χ4v) is 4.58. The van der Waals surface area contributed by atoms with Gasteiger partial charge in [-0.05, 0) is 26.7 Å². The number of hydrogen-bond acceptors (Lipinski definition) is 5. The highest BCUT2D eigenvalue weighted by Gasteiger charge is 2.41. The van der Waals surface area contributed by atoms with Crippen LogP contribution < -0.4 is 5.32 Å². The molecule has 24 heavy (non-hydrogen) atoms. The Morgan fingerprint density at radius 2 is 2.00 bits per heavy atom. The first-order chi connectivity index (χ1) is 11.3. The minimum atomic E-state index is -3.12. The van der Waals surface area contributed by atoms with Crippen LogP contribution in [0, 0.1) is 0 Å². The molecule has 0 bridgehead atoms. The van der Waals surface area contributed by atoms with Gasteiger partial charge in [0.25, 0.3) is 5.91 Å². The monoisotopic (exact) mass is 348 g/mol. The third-order valence-corrected chi connectivity index (χ3v) is 7.09. The largest absolute Gasteiger partial charge is 0.438 e. The molecule has 2 aromatic rings. The number of aromatic nitrogens is 1. The minimum Gasteiger partial charge on any atom is -0.438 e. The molecule has 1 fully saturated rings. The third kappa shape index (κ3) is 3.08. The SMILES string of the molecule is CC1(C)CC(NC(=O)c2ocnc2-c2ccccc2)CCS1(=O)=O. The molecule has 0 saturated carbocycles. The van der Waals surface area contributed by atoms with Crippen LogP contribution in [0.15, 0.2) is 41.1 Å². The lowest BCUT2D eigenvalue weighted by atomic mass is 9.99. The van der Waals surface area contributed by atoms with E-state index in [2.05, 4.69) is 10.3 Å². The molecule has 0 spiro atoms. The highest BCUT2D eigenvalue weighted by atomic mass is 32.2. The summed E-state index contributed by atoms with van der Waals surface area (Å²) in [7, 11) is -3.12. The predicted octanol–water partition coefficient (Wildman–Crippen LogP) is 2.43. The van der Waals surface area contributed by atoms with E-state index in [1.165, 1.54) is 6.39 Å². The van der Waals surface area contributed by atoms with Gasteiger partial charge in [-0.3, -0.25) is 4.79 Å². The lowest BCUT2D eigenvalue weighted by molar-refractivity contribution is 0.0903. The number of nitrogens with one attached hydrogen (secondary N) is 1. The van der Waals surface area contributed by atoms with E-state index in [0.29, 0.717) is 18.5 Å². The molecule has 128 valence electrons. The summed E-state index contributed by atoms with van der Waals surface area (Å²) in [4.78, 5) is 16.7. The van der Waals surface area contributed by atoms with Crippen molar-refractivity contribution in [3.63, 3.8) is 0 Å². The van der Waals surface area contributed by atoms with Gasteiger partial charge in [-0.25, -0.2) is 13.4 Å². The normalized spacial score (nSPS) is 22.0. The van der Waals surface area contributed by atoms with Crippen LogP contribution in [0.25, 0.3) is 11.3 Å². The molecular weight excluding hydrogens is 328 g/mol. The summed E-state index contributed by atoms with van der Waals surface area (Å²) in [6, 6.07) is 9.11. The summed E-state index contributed by atoms with van der Waals surface area (Å²) in [6.07, 6.45) is 2.04. The Morgan fingerprint density at radius 1 is 1.29 bits per heavy atom. The molecule has 1 N–H and O–H groups in total. The summed E-state index contributed by atoms with van der Waals surface area (Å²) in [5, 5.41) is 2.89. The van der Waals surface area contributed by atoms with Crippen LogP contribution in [0.2, 0.25) is 0 Å². The number of oxazole rings is 1. The van der Waals surface area contributed by atoms with Gasteiger partial charge < -0.3 is 9.73 Å². The second kappa shape index (κ2) is 6.05. The number of hydrogen-bond donors (Lipinski definition) is 1. The van der Waals surface area contributed by atoms with Crippen LogP contribution in [-0.4, -0.2) is 35.9 Å². The Kier molecular flexibility index (Phi) is 4.21. The zero-order valence-corrected chi connectivity index (χ0v) is 14.5. The summed E-state index contributed by atoms with van der Waals surface area (Å²) < 4.78 is 28.6. The molecule has 7 heteroatoms. The Labute approximate surface area is 141 Å². The lowest BCUT2D eigenvalue weighted by Gasteiger charge is -2.35. The van der Waals surface area contributed by atoms with Crippen LogP contribution in [0.3, 0.4) is 0 Å². The van der Waals surface area contributed by atoms with Crippen LogP contribution in [-0.2, 0) is 9.84 Å². The van der Waals surface area contributed by atoms with Crippen LogP contribution in [0.4, 0.5) is 0 Å². The highest BCUT2D eigenvalue weighted by Crippen LogP contribution is 2.30. The van der Waals surface area contributed by atoms with Crippen molar-refractivity contribution in [2.75, 3.05) is 5.75 Å². The van der Waals surface area contributed by atoms with Crippen molar-refractivity contribution in [3.8, 4) is 11.3 Å². The number of carbonyl (C=O) groups excluding carboxylic acids is 1. The van der Waals surface area contributed by atoms with Crippen molar-refractivity contribution in [1.29, 1.82) is 0 Å². The molecule has 2 heterocycles. The molecule has 1 aliphatic heterocycles. The van der Waals surface area contributed by atoms with Gasteiger partial charge in [-0.1, -0.05) is 30.3 Å². The Hall–Kier alpha value is -2.15. The van der Waals surface area contributed by atoms with E-state index < -0.39 is 14.6 Å². The maximum Gasteiger partial charge on any atom is 0.289 e. The summed E-state index contributed by atoms with van der Waals surface area (Å²) in [5.74, 6) is -0.147. The molecule has 1 unspecified atom stereocenters. The van der Waals surface area contributed by atoms with Gasteiger partial charge in [0.15, 0.2) is 16.2 Å². The maximum absolute atomic E-state index is 12.5. The zero-order chi connectivity index (χ0) is 17.4. The Bertz CT molecular complexity index is 840. The number of sulfone groups is 1.